The highest BCUT2D eigenvalue weighted by atomic mass is 79.9. The van der Waals surface area contributed by atoms with E-state index in [1.807, 2.05) is 18.2 Å². The predicted octanol–water partition coefficient (Wildman–Crippen LogP) is 2.21. The van der Waals surface area contributed by atoms with Gasteiger partial charge >= 0.3 is 0 Å². The summed E-state index contributed by atoms with van der Waals surface area (Å²) in [6.07, 6.45) is 0.668. The Morgan fingerprint density at radius 3 is 3.00 bits per heavy atom. The lowest BCUT2D eigenvalue weighted by Crippen LogP contribution is -2.29. The molecule has 1 spiro atoms. The molecule has 2 aliphatic rings. The van der Waals surface area contributed by atoms with Crippen molar-refractivity contribution in [1.82, 2.24) is 0 Å². The minimum absolute atomic E-state index is 0.0622. The highest BCUT2D eigenvalue weighted by Gasteiger charge is 2.66. The maximum atomic E-state index is 12.2. The van der Waals surface area contributed by atoms with Gasteiger partial charge in [-0.05, 0) is 24.1 Å². The van der Waals surface area contributed by atoms with Crippen LogP contribution in [-0.2, 0) is 10.2 Å². The Labute approximate surface area is 102 Å². The fourth-order valence-electron chi connectivity index (χ4n) is 2.64. The van der Waals surface area contributed by atoms with Crippen LogP contribution >= 0.6 is 15.9 Å². The molecule has 1 amide bonds. The van der Waals surface area contributed by atoms with Gasteiger partial charge in [0.2, 0.25) is 5.91 Å². The Morgan fingerprint density at radius 1 is 1.62 bits per heavy atom. The lowest BCUT2D eigenvalue weighted by molar-refractivity contribution is -0.120. The third-order valence-corrected chi connectivity index (χ3v) is 4.10. The number of amides is 1. The number of carbonyl (C=O) groups is 1. The zero-order chi connectivity index (χ0) is 11.5. The SMILES string of the molecule is CN1C(=O)C2(CC2C#N)c2ccc(Br)cc21. The van der Waals surface area contributed by atoms with E-state index in [4.69, 9.17) is 5.26 Å². The molecule has 0 saturated heterocycles. The van der Waals surface area contributed by atoms with Crippen LogP contribution < -0.4 is 4.90 Å². The summed E-state index contributed by atoms with van der Waals surface area (Å²) in [5, 5.41) is 8.99. The summed E-state index contributed by atoms with van der Waals surface area (Å²) < 4.78 is 0.956. The molecule has 1 aromatic carbocycles. The number of likely N-dealkylation sites (N-methyl/N-ethyl adjacent to an activating group) is 1. The van der Waals surface area contributed by atoms with Crippen molar-refractivity contribution < 1.29 is 4.79 Å². The summed E-state index contributed by atoms with van der Waals surface area (Å²) in [6, 6.07) is 8.04. The van der Waals surface area contributed by atoms with E-state index in [0.717, 1.165) is 15.7 Å². The molecule has 1 aliphatic carbocycles. The van der Waals surface area contributed by atoms with Gasteiger partial charge in [-0.1, -0.05) is 22.0 Å². The Bertz CT molecular complexity index is 548. The van der Waals surface area contributed by atoms with Crippen LogP contribution in [0.25, 0.3) is 0 Å². The van der Waals surface area contributed by atoms with Gasteiger partial charge in [-0.3, -0.25) is 4.79 Å². The van der Waals surface area contributed by atoms with Gasteiger partial charge in [0.1, 0.15) is 0 Å². The Morgan fingerprint density at radius 2 is 2.38 bits per heavy atom. The molecule has 1 aliphatic heterocycles. The van der Waals surface area contributed by atoms with Gasteiger partial charge in [0, 0.05) is 17.2 Å². The second-order valence-corrected chi connectivity index (χ2v) is 5.30. The van der Waals surface area contributed by atoms with Gasteiger partial charge in [-0.15, -0.1) is 0 Å². The predicted molar refractivity (Wildman–Crippen MR) is 63.0 cm³/mol. The molecule has 0 bridgehead atoms. The van der Waals surface area contributed by atoms with E-state index in [9.17, 15) is 4.79 Å². The number of hydrogen-bond donors (Lipinski definition) is 0. The van der Waals surface area contributed by atoms with E-state index in [1.54, 1.807) is 11.9 Å². The first-order valence-corrected chi connectivity index (χ1v) is 5.88. The molecular formula is C12H9BrN2O. The number of halogens is 1. The molecule has 1 saturated carbocycles. The van der Waals surface area contributed by atoms with Crippen LogP contribution in [-0.4, -0.2) is 13.0 Å². The van der Waals surface area contributed by atoms with E-state index in [1.165, 1.54) is 0 Å². The van der Waals surface area contributed by atoms with Crippen molar-refractivity contribution in [2.45, 2.75) is 11.8 Å². The van der Waals surface area contributed by atoms with Crippen molar-refractivity contribution in [3.8, 4) is 6.07 Å². The Kier molecular flexibility index (Phi) is 1.76. The van der Waals surface area contributed by atoms with E-state index in [2.05, 4.69) is 22.0 Å². The molecule has 1 fully saturated rings. The number of nitrogens with zero attached hydrogens (tertiary/aromatic N) is 2. The molecule has 1 aromatic rings. The zero-order valence-corrected chi connectivity index (χ0v) is 10.3. The van der Waals surface area contributed by atoms with Crippen molar-refractivity contribution in [2.24, 2.45) is 5.92 Å². The van der Waals surface area contributed by atoms with Crippen molar-refractivity contribution in [3.63, 3.8) is 0 Å². The summed E-state index contributed by atoms with van der Waals surface area (Å²) in [4.78, 5) is 13.9. The highest BCUT2D eigenvalue weighted by molar-refractivity contribution is 9.10. The topological polar surface area (TPSA) is 44.1 Å². The smallest absolute Gasteiger partial charge is 0.238 e. The minimum Gasteiger partial charge on any atom is -0.314 e. The van der Waals surface area contributed by atoms with Gasteiger partial charge in [0.15, 0.2) is 0 Å². The molecule has 80 valence electrons. The molecule has 1 heterocycles. The van der Waals surface area contributed by atoms with Gasteiger partial charge in [-0.2, -0.15) is 5.26 Å². The molecule has 0 N–H and O–H groups in total. The first kappa shape index (κ1) is 9.86. The molecule has 3 nitrogen and oxygen atoms in total. The Hall–Kier alpha value is -1.34. The average molecular weight is 277 g/mol. The van der Waals surface area contributed by atoms with Gasteiger partial charge < -0.3 is 4.90 Å². The molecule has 2 atom stereocenters. The fourth-order valence-corrected chi connectivity index (χ4v) is 2.99. The maximum Gasteiger partial charge on any atom is 0.238 e. The van der Waals surface area contributed by atoms with Crippen LogP contribution in [0.1, 0.15) is 12.0 Å². The summed E-state index contributed by atoms with van der Waals surface area (Å²) in [5.41, 5.74) is 1.41. The number of rotatable bonds is 0. The number of benzene rings is 1. The first-order chi connectivity index (χ1) is 7.61. The molecule has 16 heavy (non-hydrogen) atoms. The van der Waals surface area contributed by atoms with Crippen molar-refractivity contribution >= 4 is 27.5 Å². The van der Waals surface area contributed by atoms with Crippen LogP contribution in [0, 0.1) is 17.2 Å². The van der Waals surface area contributed by atoms with Gasteiger partial charge in [0.05, 0.1) is 17.4 Å². The van der Waals surface area contributed by atoms with E-state index in [-0.39, 0.29) is 11.8 Å². The van der Waals surface area contributed by atoms with E-state index < -0.39 is 5.41 Å². The normalized spacial score (nSPS) is 30.4. The summed E-state index contributed by atoms with van der Waals surface area (Å²) in [7, 11) is 1.77. The van der Waals surface area contributed by atoms with E-state index >= 15 is 0 Å². The molecule has 0 radical (unpaired) electrons. The molecule has 2 unspecified atom stereocenters. The van der Waals surface area contributed by atoms with Crippen LogP contribution in [0.15, 0.2) is 22.7 Å². The highest BCUT2D eigenvalue weighted by Crippen LogP contribution is 2.61. The lowest BCUT2D eigenvalue weighted by atomic mass is 9.95. The first-order valence-electron chi connectivity index (χ1n) is 5.09. The lowest BCUT2D eigenvalue weighted by Gasteiger charge is -2.10. The fraction of sp³-hybridized carbons (Fsp3) is 0.333. The molecular weight excluding hydrogens is 268 g/mol. The molecule has 4 heteroatoms. The summed E-state index contributed by atoms with van der Waals surface area (Å²) in [6.45, 7) is 0. The third-order valence-electron chi connectivity index (χ3n) is 3.60. The summed E-state index contributed by atoms with van der Waals surface area (Å²) >= 11 is 3.40. The Balaban J connectivity index is 2.22. The van der Waals surface area contributed by atoms with Crippen LogP contribution in [0.5, 0.6) is 0 Å². The molecule has 3 rings (SSSR count). The maximum absolute atomic E-state index is 12.2. The number of carbonyl (C=O) groups excluding carboxylic acids is 1. The minimum atomic E-state index is -0.528. The quantitative estimate of drug-likeness (QED) is 0.729. The van der Waals surface area contributed by atoms with Crippen LogP contribution in [0.2, 0.25) is 0 Å². The number of nitriles is 1. The van der Waals surface area contributed by atoms with Crippen LogP contribution in [0.3, 0.4) is 0 Å². The average Bonchev–Trinajstić information content (AvgIpc) is 2.98. The van der Waals surface area contributed by atoms with Gasteiger partial charge in [-0.25, -0.2) is 0 Å². The monoisotopic (exact) mass is 276 g/mol. The number of anilines is 1. The van der Waals surface area contributed by atoms with Crippen molar-refractivity contribution in [2.75, 3.05) is 11.9 Å². The van der Waals surface area contributed by atoms with Gasteiger partial charge in [0.25, 0.3) is 0 Å². The summed E-state index contributed by atoms with van der Waals surface area (Å²) in [5.74, 6) is -0.0861. The number of fused-ring (bicyclic) bond motifs is 2. The van der Waals surface area contributed by atoms with Crippen LogP contribution in [0.4, 0.5) is 5.69 Å². The van der Waals surface area contributed by atoms with Crippen molar-refractivity contribution in [3.05, 3.63) is 28.2 Å². The zero-order valence-electron chi connectivity index (χ0n) is 8.70. The standard InChI is InChI=1S/C12H9BrN2O/c1-15-10-4-8(13)2-3-9(10)12(11(15)16)5-7(12)6-14/h2-4,7H,5H2,1H3. The van der Waals surface area contributed by atoms with E-state index in [0.29, 0.717) is 6.42 Å². The largest absolute Gasteiger partial charge is 0.314 e. The third kappa shape index (κ3) is 0.946. The number of hydrogen-bond acceptors (Lipinski definition) is 2. The van der Waals surface area contributed by atoms with Crippen molar-refractivity contribution in [1.29, 1.82) is 5.26 Å². The second-order valence-electron chi connectivity index (χ2n) is 4.38. The molecule has 0 aromatic heterocycles. The second kappa shape index (κ2) is 2.86.